The Kier molecular flexibility index (Phi) is 4.07. The molecule has 2 aromatic rings. The molecule has 0 heterocycles. The number of carbonyl (C=O) groups is 1. The molecule has 0 saturated carbocycles. The van der Waals surface area contributed by atoms with Crippen LogP contribution in [-0.2, 0) is 0 Å². The minimum atomic E-state index is -0.512. The smallest absolute Gasteiger partial charge is 0.311 e. The molecule has 0 aliphatic heterocycles. The predicted molar refractivity (Wildman–Crippen MR) is 73.0 cm³/mol. The zero-order chi connectivity index (χ0) is 14.5. The fourth-order valence-electron chi connectivity index (χ4n) is 1.65. The number of hydrogen-bond donors (Lipinski definition) is 1. The van der Waals surface area contributed by atoms with Crippen LogP contribution in [0.5, 0.6) is 11.5 Å². The van der Waals surface area contributed by atoms with Gasteiger partial charge < -0.3 is 10.5 Å². The monoisotopic (exact) mass is 272 g/mol. The van der Waals surface area contributed by atoms with E-state index in [0.29, 0.717) is 11.3 Å². The van der Waals surface area contributed by atoms with Crippen molar-refractivity contribution < 1.29 is 14.5 Å². The number of para-hydroxylation sites is 2. The van der Waals surface area contributed by atoms with Crippen LogP contribution in [0.15, 0.2) is 48.5 Å². The van der Waals surface area contributed by atoms with E-state index in [4.69, 9.17) is 10.5 Å². The van der Waals surface area contributed by atoms with Crippen molar-refractivity contribution in [3.63, 3.8) is 0 Å². The number of nitrogens with zero attached hydrogens (tertiary/aromatic N) is 1. The molecule has 2 rings (SSSR count). The highest BCUT2D eigenvalue weighted by Crippen LogP contribution is 2.30. The summed E-state index contributed by atoms with van der Waals surface area (Å²) in [4.78, 5) is 21.7. The summed E-state index contributed by atoms with van der Waals surface area (Å²) < 4.78 is 5.45. The van der Waals surface area contributed by atoms with Crippen molar-refractivity contribution in [1.29, 1.82) is 0 Å². The van der Waals surface area contributed by atoms with Crippen LogP contribution < -0.4 is 10.5 Å². The maximum atomic E-state index is 11.4. The van der Waals surface area contributed by atoms with Crippen LogP contribution in [0.4, 0.5) is 5.69 Å². The number of nitrogens with two attached hydrogens (primary N) is 1. The first kappa shape index (κ1) is 13.7. The highest BCUT2D eigenvalue weighted by molar-refractivity contribution is 5.97. The Bertz CT molecular complexity index is 638. The lowest BCUT2D eigenvalue weighted by atomic mass is 10.1. The van der Waals surface area contributed by atoms with E-state index in [1.54, 1.807) is 36.4 Å². The van der Waals surface area contributed by atoms with Crippen LogP contribution in [0.1, 0.15) is 10.4 Å². The second-order valence-electron chi connectivity index (χ2n) is 3.98. The van der Waals surface area contributed by atoms with E-state index >= 15 is 0 Å². The molecule has 0 bridgehead atoms. The number of rotatable bonds is 5. The quantitative estimate of drug-likeness (QED) is 0.512. The summed E-state index contributed by atoms with van der Waals surface area (Å²) in [7, 11) is 0. The van der Waals surface area contributed by atoms with Crippen LogP contribution in [-0.4, -0.2) is 17.3 Å². The van der Waals surface area contributed by atoms with E-state index in [0.717, 1.165) is 0 Å². The first-order chi connectivity index (χ1) is 9.61. The van der Waals surface area contributed by atoms with Gasteiger partial charge in [-0.15, -0.1) is 0 Å². The summed E-state index contributed by atoms with van der Waals surface area (Å²) in [5.41, 5.74) is 5.62. The summed E-state index contributed by atoms with van der Waals surface area (Å²) in [5.74, 6) is 0.380. The summed E-state index contributed by atoms with van der Waals surface area (Å²) in [6.45, 7) is -0.0651. The Balaban J connectivity index is 2.23. The van der Waals surface area contributed by atoms with Crippen molar-refractivity contribution in [2.75, 3.05) is 6.54 Å². The molecule has 102 valence electrons. The third kappa shape index (κ3) is 2.99. The maximum Gasteiger partial charge on any atom is 0.311 e. The van der Waals surface area contributed by atoms with Crippen LogP contribution in [0, 0.1) is 10.1 Å². The Hall–Kier alpha value is -2.73. The number of carbonyl (C=O) groups excluding carboxylic acids is 1. The molecule has 0 atom stereocenters. The zero-order valence-corrected chi connectivity index (χ0v) is 10.5. The van der Waals surface area contributed by atoms with Crippen molar-refractivity contribution in [2.24, 2.45) is 5.73 Å². The number of Topliss-reactive ketones (excluding diaryl/α,β-unsaturated/α-hetero) is 1. The van der Waals surface area contributed by atoms with Gasteiger partial charge in [-0.25, -0.2) is 0 Å². The van der Waals surface area contributed by atoms with Crippen molar-refractivity contribution in [3.8, 4) is 11.5 Å². The molecule has 20 heavy (non-hydrogen) atoms. The van der Waals surface area contributed by atoms with Gasteiger partial charge in [0.05, 0.1) is 11.5 Å². The molecule has 0 aromatic heterocycles. The Labute approximate surface area is 114 Å². The number of nitro groups is 1. The fourth-order valence-corrected chi connectivity index (χ4v) is 1.65. The minimum Gasteiger partial charge on any atom is -0.450 e. The molecule has 2 N–H and O–H groups in total. The second-order valence-corrected chi connectivity index (χ2v) is 3.98. The molecular weight excluding hydrogens is 260 g/mol. The standard InChI is InChI=1S/C14H12N2O4/c15-9-13(17)10-5-7-11(8-6-10)20-14-4-2-1-3-12(14)16(18)19/h1-8H,9,15H2. The SMILES string of the molecule is NCC(=O)c1ccc(Oc2ccccc2[N+](=O)[O-])cc1. The van der Waals surface area contributed by atoms with Crippen molar-refractivity contribution >= 4 is 11.5 Å². The van der Waals surface area contributed by atoms with Gasteiger partial charge in [0.25, 0.3) is 0 Å². The molecule has 6 heteroatoms. The Morgan fingerprint density at radius 3 is 2.40 bits per heavy atom. The van der Waals surface area contributed by atoms with Gasteiger partial charge in [0.2, 0.25) is 5.75 Å². The molecular formula is C14H12N2O4. The Morgan fingerprint density at radius 1 is 1.15 bits per heavy atom. The van der Waals surface area contributed by atoms with Gasteiger partial charge in [0.1, 0.15) is 5.75 Å². The highest BCUT2D eigenvalue weighted by atomic mass is 16.6. The lowest BCUT2D eigenvalue weighted by Gasteiger charge is -2.06. The average Bonchev–Trinajstić information content (AvgIpc) is 2.47. The molecule has 6 nitrogen and oxygen atoms in total. The van der Waals surface area contributed by atoms with Gasteiger partial charge in [-0.2, -0.15) is 0 Å². The number of benzene rings is 2. The van der Waals surface area contributed by atoms with E-state index < -0.39 is 4.92 Å². The molecule has 0 fully saturated rings. The lowest BCUT2D eigenvalue weighted by molar-refractivity contribution is -0.385. The minimum absolute atomic E-state index is 0.0651. The predicted octanol–water partition coefficient (Wildman–Crippen LogP) is 2.53. The molecule has 0 aliphatic carbocycles. The maximum absolute atomic E-state index is 11.4. The Morgan fingerprint density at radius 2 is 1.80 bits per heavy atom. The third-order valence-electron chi connectivity index (χ3n) is 2.65. The number of nitro benzene ring substituents is 1. The van der Waals surface area contributed by atoms with Gasteiger partial charge in [-0.1, -0.05) is 12.1 Å². The molecule has 0 saturated heterocycles. The molecule has 0 amide bonds. The van der Waals surface area contributed by atoms with E-state index in [1.807, 2.05) is 0 Å². The molecule has 0 unspecified atom stereocenters. The van der Waals surface area contributed by atoms with Gasteiger partial charge in [0, 0.05) is 11.6 Å². The van der Waals surface area contributed by atoms with Gasteiger partial charge >= 0.3 is 5.69 Å². The molecule has 0 radical (unpaired) electrons. The van der Waals surface area contributed by atoms with Crippen LogP contribution in [0.25, 0.3) is 0 Å². The third-order valence-corrected chi connectivity index (χ3v) is 2.65. The first-order valence-corrected chi connectivity index (χ1v) is 5.86. The van der Waals surface area contributed by atoms with Gasteiger partial charge in [-0.3, -0.25) is 14.9 Å². The summed E-state index contributed by atoms with van der Waals surface area (Å²) in [6, 6.07) is 12.4. The van der Waals surface area contributed by atoms with Crippen LogP contribution in [0.2, 0.25) is 0 Å². The van der Waals surface area contributed by atoms with E-state index in [2.05, 4.69) is 0 Å². The summed E-state index contributed by atoms with van der Waals surface area (Å²) in [5, 5.41) is 10.9. The van der Waals surface area contributed by atoms with Crippen LogP contribution >= 0.6 is 0 Å². The lowest BCUT2D eigenvalue weighted by Crippen LogP contribution is -2.13. The number of ether oxygens (including phenoxy) is 1. The topological polar surface area (TPSA) is 95.5 Å². The summed E-state index contributed by atoms with van der Waals surface area (Å²) in [6.07, 6.45) is 0. The van der Waals surface area contributed by atoms with Gasteiger partial charge in [-0.05, 0) is 30.3 Å². The molecule has 2 aromatic carbocycles. The molecule has 0 spiro atoms. The normalized spacial score (nSPS) is 10.1. The van der Waals surface area contributed by atoms with Crippen LogP contribution in [0.3, 0.4) is 0 Å². The number of ketones is 1. The van der Waals surface area contributed by atoms with E-state index in [1.165, 1.54) is 12.1 Å². The zero-order valence-electron chi connectivity index (χ0n) is 10.5. The largest absolute Gasteiger partial charge is 0.450 e. The van der Waals surface area contributed by atoms with E-state index in [9.17, 15) is 14.9 Å². The van der Waals surface area contributed by atoms with Crippen molar-refractivity contribution in [1.82, 2.24) is 0 Å². The summed E-state index contributed by atoms with van der Waals surface area (Å²) >= 11 is 0. The highest BCUT2D eigenvalue weighted by Gasteiger charge is 2.14. The van der Waals surface area contributed by atoms with Crippen molar-refractivity contribution in [3.05, 3.63) is 64.2 Å². The van der Waals surface area contributed by atoms with Crippen molar-refractivity contribution in [2.45, 2.75) is 0 Å². The second kappa shape index (κ2) is 5.94. The average molecular weight is 272 g/mol. The fraction of sp³-hybridized carbons (Fsp3) is 0.0714. The van der Waals surface area contributed by atoms with Gasteiger partial charge in [0.15, 0.2) is 5.78 Å². The number of hydrogen-bond acceptors (Lipinski definition) is 5. The van der Waals surface area contributed by atoms with E-state index in [-0.39, 0.29) is 23.8 Å². The molecule has 0 aliphatic rings. The first-order valence-electron chi connectivity index (χ1n) is 5.86.